The first-order valence-electron chi connectivity index (χ1n) is 28.9. The molecule has 0 atom stereocenters. The standard InChI is InChI=1S/C78H64N4Si/c1-53-15-13-21-69(47-53)79(63-17-9-7-10-18-63)65-35-27-59(28-36-65)61-31-39-67(40-32-61)81-71-43-23-55(3)49-75(71)83(76-50-56(4)24-44-72(76)81)77-51-57(5)25-45-73(77)82(74-46-26-58(6)52-78(74)83)68-41-33-62(34-42-68)60-29-37-66(38-30-60)80(64-19-11-8-12-20-64)70-22-14-16-54(2)48-70/h7-52H,1-6H3. The molecule has 0 fully saturated rings. The van der Waals surface area contributed by atoms with E-state index < -0.39 is 8.07 Å². The lowest BCUT2D eigenvalue weighted by Gasteiger charge is -2.50. The van der Waals surface area contributed by atoms with Gasteiger partial charge in [-0.1, -0.05) is 180 Å². The molecule has 4 nitrogen and oxygen atoms in total. The second-order valence-electron chi connectivity index (χ2n) is 22.7. The van der Waals surface area contributed by atoms with Gasteiger partial charge in [-0.2, -0.15) is 0 Å². The lowest BCUT2D eigenvalue weighted by Crippen LogP contribution is -2.79. The highest BCUT2D eigenvalue weighted by atomic mass is 28.3. The summed E-state index contributed by atoms with van der Waals surface area (Å²) in [5.74, 6) is 0. The van der Waals surface area contributed by atoms with Gasteiger partial charge in [-0.3, -0.25) is 0 Å². The number of nitrogens with zero attached hydrogens (tertiary/aromatic N) is 4. The molecule has 400 valence electrons. The van der Waals surface area contributed by atoms with E-state index in [0.717, 1.165) is 45.5 Å². The summed E-state index contributed by atoms with van der Waals surface area (Å²) in [6, 6.07) is 104. The molecule has 0 radical (unpaired) electrons. The van der Waals surface area contributed by atoms with Crippen molar-refractivity contribution in [2.45, 2.75) is 41.5 Å². The smallest absolute Gasteiger partial charge is 0.188 e. The summed E-state index contributed by atoms with van der Waals surface area (Å²) >= 11 is 0. The average molecular weight is 1090 g/mol. The third kappa shape index (κ3) is 9.02. The number of fused-ring (bicyclic) bond motifs is 8. The van der Waals surface area contributed by atoms with Crippen LogP contribution < -0.4 is 40.3 Å². The first-order valence-corrected chi connectivity index (χ1v) is 30.9. The van der Waals surface area contributed by atoms with Crippen LogP contribution in [0.4, 0.5) is 68.2 Å². The molecule has 83 heavy (non-hydrogen) atoms. The van der Waals surface area contributed by atoms with Crippen LogP contribution in [0.5, 0.6) is 0 Å². The quantitative estimate of drug-likeness (QED) is 0.127. The third-order valence-electron chi connectivity index (χ3n) is 16.9. The van der Waals surface area contributed by atoms with Crippen molar-refractivity contribution in [1.29, 1.82) is 0 Å². The largest absolute Gasteiger partial charge is 0.311 e. The molecule has 0 unspecified atom stereocenters. The molecule has 2 aliphatic rings. The molecule has 2 heterocycles. The molecular formula is C78H64N4Si. The Labute approximate surface area is 490 Å². The molecule has 0 saturated carbocycles. The number of rotatable bonds is 10. The van der Waals surface area contributed by atoms with Crippen LogP contribution in [-0.4, -0.2) is 8.07 Å². The molecule has 2 aliphatic heterocycles. The normalized spacial score (nSPS) is 12.7. The summed E-state index contributed by atoms with van der Waals surface area (Å²) in [5.41, 5.74) is 26.2. The summed E-state index contributed by atoms with van der Waals surface area (Å²) < 4.78 is 0. The monoisotopic (exact) mass is 1080 g/mol. The molecule has 12 aromatic rings. The highest BCUT2D eigenvalue weighted by Crippen LogP contribution is 2.46. The molecule has 1 spiro atoms. The average Bonchev–Trinajstić information content (AvgIpc) is 1.06. The lowest BCUT2D eigenvalue weighted by molar-refractivity contribution is 1.25. The van der Waals surface area contributed by atoms with Crippen LogP contribution in [0.2, 0.25) is 0 Å². The molecule has 0 bridgehead atoms. The van der Waals surface area contributed by atoms with Gasteiger partial charge in [0.15, 0.2) is 8.07 Å². The summed E-state index contributed by atoms with van der Waals surface area (Å²) in [5, 5.41) is 5.66. The molecule has 0 N–H and O–H groups in total. The third-order valence-corrected chi connectivity index (χ3v) is 21.7. The van der Waals surface area contributed by atoms with Gasteiger partial charge in [-0.05, 0) is 217 Å². The first-order chi connectivity index (χ1) is 40.6. The zero-order chi connectivity index (χ0) is 56.3. The SMILES string of the molecule is Cc1cccc(N(c2ccccc2)c2ccc(-c3ccc(N4c5ccc(C)cc5[Si]5(c6cc(C)ccc64)c4cc(C)ccc4N(c4ccc(-c6ccc(N(c7ccccc7)c7cccc(C)c7)cc6)cc4)c4ccc(C)cc45)cc3)cc2)c1. The summed E-state index contributed by atoms with van der Waals surface area (Å²) in [6.45, 7) is 13.4. The Balaban J connectivity index is 0.842. The van der Waals surface area contributed by atoms with Gasteiger partial charge in [0.05, 0.1) is 0 Å². The van der Waals surface area contributed by atoms with E-state index >= 15 is 0 Å². The Morgan fingerprint density at radius 2 is 0.494 bits per heavy atom. The summed E-state index contributed by atoms with van der Waals surface area (Å²) in [6.07, 6.45) is 0. The summed E-state index contributed by atoms with van der Waals surface area (Å²) in [7, 11) is -3.08. The van der Waals surface area contributed by atoms with Gasteiger partial charge < -0.3 is 19.6 Å². The van der Waals surface area contributed by atoms with Crippen LogP contribution >= 0.6 is 0 Å². The van der Waals surface area contributed by atoms with E-state index in [1.54, 1.807) is 0 Å². The highest BCUT2D eigenvalue weighted by Gasteiger charge is 2.54. The van der Waals surface area contributed by atoms with Gasteiger partial charge in [-0.25, -0.2) is 0 Å². The van der Waals surface area contributed by atoms with Crippen molar-refractivity contribution >= 4 is 97.1 Å². The topological polar surface area (TPSA) is 13.0 Å². The minimum atomic E-state index is -3.08. The Morgan fingerprint density at radius 3 is 0.795 bits per heavy atom. The van der Waals surface area contributed by atoms with E-state index in [1.807, 2.05) is 0 Å². The predicted molar refractivity (Wildman–Crippen MR) is 355 cm³/mol. The van der Waals surface area contributed by atoms with Gasteiger partial charge in [0.2, 0.25) is 0 Å². The molecule has 12 aromatic carbocycles. The molecule has 5 heteroatoms. The first kappa shape index (κ1) is 51.2. The molecule has 0 saturated heterocycles. The Bertz CT molecular complexity index is 3990. The van der Waals surface area contributed by atoms with E-state index in [1.165, 1.54) is 99.1 Å². The van der Waals surface area contributed by atoms with E-state index in [4.69, 9.17) is 0 Å². The zero-order valence-corrected chi connectivity index (χ0v) is 48.8. The van der Waals surface area contributed by atoms with Crippen LogP contribution in [0.3, 0.4) is 0 Å². The Kier molecular flexibility index (Phi) is 12.9. The van der Waals surface area contributed by atoms with Crippen LogP contribution in [0.25, 0.3) is 22.3 Å². The predicted octanol–water partition coefficient (Wildman–Crippen LogP) is 18.8. The number of benzene rings is 12. The molecule has 0 aromatic heterocycles. The Hall–Kier alpha value is -9.94. The van der Waals surface area contributed by atoms with Crippen molar-refractivity contribution in [1.82, 2.24) is 0 Å². The minimum absolute atomic E-state index is 1.12. The molecular weight excluding hydrogens is 1020 g/mol. The Morgan fingerprint density at radius 1 is 0.229 bits per heavy atom. The molecule has 0 amide bonds. The van der Waals surface area contributed by atoms with Gasteiger partial charge in [0.25, 0.3) is 0 Å². The second kappa shape index (κ2) is 20.9. The van der Waals surface area contributed by atoms with Crippen LogP contribution in [-0.2, 0) is 0 Å². The van der Waals surface area contributed by atoms with Crippen LogP contribution in [0.1, 0.15) is 33.4 Å². The van der Waals surface area contributed by atoms with Crippen molar-refractivity contribution < 1.29 is 0 Å². The van der Waals surface area contributed by atoms with Gasteiger partial charge in [-0.15, -0.1) is 0 Å². The fourth-order valence-corrected chi connectivity index (χ4v) is 18.9. The van der Waals surface area contributed by atoms with Crippen LogP contribution in [0.15, 0.2) is 279 Å². The number of aryl methyl sites for hydroxylation is 6. The number of anilines is 12. The maximum Gasteiger partial charge on any atom is 0.188 e. The zero-order valence-electron chi connectivity index (χ0n) is 47.8. The fourth-order valence-electron chi connectivity index (χ4n) is 13.1. The maximum atomic E-state index is 2.54. The van der Waals surface area contributed by atoms with E-state index in [9.17, 15) is 0 Å². The van der Waals surface area contributed by atoms with Crippen molar-refractivity contribution in [2.24, 2.45) is 0 Å². The fraction of sp³-hybridized carbons (Fsp3) is 0.0769. The summed E-state index contributed by atoms with van der Waals surface area (Å²) in [4.78, 5) is 9.75. The van der Waals surface area contributed by atoms with Gasteiger partial charge >= 0.3 is 0 Å². The van der Waals surface area contributed by atoms with E-state index in [-0.39, 0.29) is 0 Å². The van der Waals surface area contributed by atoms with E-state index in [0.29, 0.717) is 0 Å². The second-order valence-corrected chi connectivity index (χ2v) is 26.4. The van der Waals surface area contributed by atoms with Gasteiger partial charge in [0.1, 0.15) is 0 Å². The number of hydrogen-bond acceptors (Lipinski definition) is 4. The minimum Gasteiger partial charge on any atom is -0.311 e. The maximum absolute atomic E-state index is 3.08. The van der Waals surface area contributed by atoms with Crippen molar-refractivity contribution in [3.8, 4) is 22.3 Å². The molecule has 0 aliphatic carbocycles. The van der Waals surface area contributed by atoms with Crippen LogP contribution in [0, 0.1) is 41.5 Å². The molecule has 14 rings (SSSR count). The van der Waals surface area contributed by atoms with E-state index in [2.05, 4.69) is 340 Å². The van der Waals surface area contributed by atoms with Crippen molar-refractivity contribution in [2.75, 3.05) is 19.6 Å². The van der Waals surface area contributed by atoms with Crippen molar-refractivity contribution in [3.05, 3.63) is 312 Å². The number of para-hydroxylation sites is 2. The number of hydrogen-bond donors (Lipinski definition) is 0. The highest BCUT2D eigenvalue weighted by molar-refractivity contribution is 7.23. The van der Waals surface area contributed by atoms with Crippen molar-refractivity contribution in [3.63, 3.8) is 0 Å². The lowest BCUT2D eigenvalue weighted by atomic mass is 10.0. The van der Waals surface area contributed by atoms with Gasteiger partial charge in [0, 0.05) is 68.2 Å².